The normalized spacial score (nSPS) is 11.5. The van der Waals surface area contributed by atoms with Gasteiger partial charge in [-0.3, -0.25) is 9.89 Å². The Bertz CT molecular complexity index is 1340. The lowest BCUT2D eigenvalue weighted by Crippen LogP contribution is -2.18. The first-order valence-corrected chi connectivity index (χ1v) is 11.1. The molecule has 0 bridgehead atoms. The van der Waals surface area contributed by atoms with Crippen molar-refractivity contribution in [3.8, 4) is 16.3 Å². The predicted octanol–water partition coefficient (Wildman–Crippen LogP) is 6.12. The van der Waals surface area contributed by atoms with Gasteiger partial charge in [0.2, 0.25) is 5.13 Å². The molecule has 0 aliphatic rings. The van der Waals surface area contributed by atoms with Gasteiger partial charge < -0.3 is 0 Å². The van der Waals surface area contributed by atoms with Crippen LogP contribution in [0.1, 0.15) is 16.8 Å². The number of hydrogen-bond donors (Lipinski definition) is 1. The standard InChI is InChI=1S/C20H14BrCl2N5OS/c1-10-7-12(21)3-6-17(10)28-19(29)15(11(2)27-28)9-24-20-26-25-18(30-20)14-5-4-13(22)8-16(14)23/h3-9,27H,1-2H3. The first-order valence-electron chi connectivity index (χ1n) is 8.74. The molecule has 2 aromatic heterocycles. The summed E-state index contributed by atoms with van der Waals surface area (Å²) in [5.41, 5.74) is 3.44. The minimum atomic E-state index is -0.188. The number of rotatable bonds is 4. The summed E-state index contributed by atoms with van der Waals surface area (Å²) in [5, 5.41) is 13.4. The molecule has 1 N–H and O–H groups in total. The molecule has 10 heteroatoms. The highest BCUT2D eigenvalue weighted by atomic mass is 79.9. The Hall–Kier alpha value is -2.26. The Kier molecular flexibility index (Phi) is 5.92. The van der Waals surface area contributed by atoms with Crippen LogP contribution in [0.15, 0.2) is 50.7 Å². The van der Waals surface area contributed by atoms with Gasteiger partial charge in [-0.1, -0.05) is 50.5 Å². The maximum atomic E-state index is 12.9. The molecule has 30 heavy (non-hydrogen) atoms. The molecule has 2 aromatic carbocycles. The van der Waals surface area contributed by atoms with Crippen LogP contribution < -0.4 is 5.56 Å². The van der Waals surface area contributed by atoms with Gasteiger partial charge in [0, 0.05) is 27.0 Å². The number of aryl methyl sites for hydroxylation is 2. The van der Waals surface area contributed by atoms with Crippen LogP contribution in [-0.2, 0) is 0 Å². The van der Waals surface area contributed by atoms with Crippen molar-refractivity contribution in [2.24, 2.45) is 4.99 Å². The summed E-state index contributed by atoms with van der Waals surface area (Å²) in [5.74, 6) is 0. The Morgan fingerprint density at radius 1 is 1.17 bits per heavy atom. The largest absolute Gasteiger partial charge is 0.295 e. The number of aromatic nitrogens is 4. The summed E-state index contributed by atoms with van der Waals surface area (Å²) in [6.45, 7) is 3.77. The number of halogens is 3. The molecule has 6 nitrogen and oxygen atoms in total. The SMILES string of the molecule is Cc1cc(Br)ccc1-n1[nH]c(C)c(C=Nc2nnc(-c3ccc(Cl)cc3Cl)s2)c1=O. The van der Waals surface area contributed by atoms with E-state index in [9.17, 15) is 4.79 Å². The van der Waals surface area contributed by atoms with Crippen LogP contribution in [0.25, 0.3) is 16.3 Å². The van der Waals surface area contributed by atoms with E-state index in [1.54, 1.807) is 18.2 Å². The van der Waals surface area contributed by atoms with E-state index in [4.69, 9.17) is 23.2 Å². The minimum Gasteiger partial charge on any atom is -0.295 e. The first-order chi connectivity index (χ1) is 14.3. The van der Waals surface area contributed by atoms with Gasteiger partial charge >= 0.3 is 0 Å². The molecule has 152 valence electrons. The lowest BCUT2D eigenvalue weighted by atomic mass is 10.2. The molecule has 4 rings (SSSR count). The number of benzene rings is 2. The number of aromatic amines is 1. The van der Waals surface area contributed by atoms with E-state index in [0.29, 0.717) is 31.4 Å². The summed E-state index contributed by atoms with van der Waals surface area (Å²) in [4.78, 5) is 17.3. The molecule has 0 fully saturated rings. The smallest absolute Gasteiger partial charge is 0.280 e. The van der Waals surface area contributed by atoms with Crippen molar-refractivity contribution in [1.82, 2.24) is 20.0 Å². The van der Waals surface area contributed by atoms with Crippen molar-refractivity contribution in [3.05, 3.63) is 78.1 Å². The van der Waals surface area contributed by atoms with Crippen LogP contribution in [0.4, 0.5) is 5.13 Å². The Morgan fingerprint density at radius 3 is 2.70 bits per heavy atom. The average molecular weight is 523 g/mol. The van der Waals surface area contributed by atoms with Crippen molar-refractivity contribution in [2.75, 3.05) is 0 Å². The van der Waals surface area contributed by atoms with Crippen LogP contribution in [0.5, 0.6) is 0 Å². The molecule has 0 saturated carbocycles. The summed E-state index contributed by atoms with van der Waals surface area (Å²) in [6.07, 6.45) is 1.51. The lowest BCUT2D eigenvalue weighted by molar-refractivity contribution is 0.828. The monoisotopic (exact) mass is 521 g/mol. The number of H-pyrrole nitrogens is 1. The zero-order valence-electron chi connectivity index (χ0n) is 15.8. The number of nitrogens with one attached hydrogen (secondary N) is 1. The van der Waals surface area contributed by atoms with Crippen molar-refractivity contribution in [2.45, 2.75) is 13.8 Å². The Labute approximate surface area is 194 Å². The average Bonchev–Trinajstić information content (AvgIpc) is 3.25. The fraction of sp³-hybridized carbons (Fsp3) is 0.100. The van der Waals surface area contributed by atoms with Crippen molar-refractivity contribution in [1.29, 1.82) is 0 Å². The van der Waals surface area contributed by atoms with Gasteiger partial charge in [-0.15, -0.1) is 10.2 Å². The number of nitrogens with zero attached hydrogens (tertiary/aromatic N) is 4. The third-order valence-corrected chi connectivity index (χ3v) is 6.30. The Morgan fingerprint density at radius 2 is 1.97 bits per heavy atom. The van der Waals surface area contributed by atoms with Gasteiger partial charge in [0.25, 0.3) is 5.56 Å². The summed E-state index contributed by atoms with van der Waals surface area (Å²) in [7, 11) is 0. The first kappa shape index (κ1) is 21.0. The van der Waals surface area contributed by atoms with E-state index >= 15 is 0 Å². The van der Waals surface area contributed by atoms with Crippen LogP contribution in [0.3, 0.4) is 0 Å². The van der Waals surface area contributed by atoms with E-state index in [0.717, 1.165) is 21.3 Å². The molecule has 0 saturated heterocycles. The van der Waals surface area contributed by atoms with Gasteiger partial charge in [0.15, 0.2) is 5.01 Å². The van der Waals surface area contributed by atoms with Crippen LogP contribution in [0, 0.1) is 13.8 Å². The van der Waals surface area contributed by atoms with Crippen LogP contribution in [0.2, 0.25) is 10.0 Å². The Balaban J connectivity index is 1.65. The van der Waals surface area contributed by atoms with Gasteiger partial charge in [0.1, 0.15) is 0 Å². The molecule has 0 aliphatic carbocycles. The molecular formula is C20H14BrCl2N5OS. The third-order valence-electron chi connectivity index (χ3n) is 4.40. The summed E-state index contributed by atoms with van der Waals surface area (Å²) < 4.78 is 2.46. The maximum Gasteiger partial charge on any atom is 0.280 e. The lowest BCUT2D eigenvalue weighted by Gasteiger charge is -2.06. The molecular weight excluding hydrogens is 509 g/mol. The molecule has 4 aromatic rings. The molecule has 0 atom stereocenters. The highest BCUT2D eigenvalue weighted by Crippen LogP contribution is 2.34. The topological polar surface area (TPSA) is 75.9 Å². The molecule has 0 spiro atoms. The zero-order chi connectivity index (χ0) is 21.4. The van der Waals surface area contributed by atoms with Gasteiger partial charge in [-0.2, -0.15) is 0 Å². The molecule has 0 unspecified atom stereocenters. The zero-order valence-corrected chi connectivity index (χ0v) is 19.7. The molecule has 0 amide bonds. The van der Waals surface area contributed by atoms with E-state index < -0.39 is 0 Å². The molecule has 2 heterocycles. The summed E-state index contributed by atoms with van der Waals surface area (Å²) in [6, 6.07) is 10.9. The highest BCUT2D eigenvalue weighted by Gasteiger charge is 2.14. The van der Waals surface area contributed by atoms with Gasteiger partial charge in [-0.25, -0.2) is 9.67 Å². The second-order valence-corrected chi connectivity index (χ2v) is 9.21. The number of hydrogen-bond acceptors (Lipinski definition) is 5. The maximum absolute atomic E-state index is 12.9. The van der Waals surface area contributed by atoms with E-state index in [1.165, 1.54) is 22.2 Å². The predicted molar refractivity (Wildman–Crippen MR) is 126 cm³/mol. The molecule has 0 radical (unpaired) electrons. The van der Waals surface area contributed by atoms with E-state index in [2.05, 4.69) is 36.2 Å². The fourth-order valence-electron chi connectivity index (χ4n) is 2.91. The summed E-state index contributed by atoms with van der Waals surface area (Å²) >= 11 is 16.9. The quantitative estimate of drug-likeness (QED) is 0.328. The minimum absolute atomic E-state index is 0.188. The second-order valence-electron chi connectivity index (χ2n) is 6.49. The van der Waals surface area contributed by atoms with Crippen LogP contribution >= 0.6 is 50.5 Å². The fourth-order valence-corrected chi connectivity index (χ4v) is 4.67. The van der Waals surface area contributed by atoms with Crippen LogP contribution in [-0.4, -0.2) is 26.2 Å². The number of aliphatic imine (C=N–C) groups is 1. The highest BCUT2D eigenvalue weighted by molar-refractivity contribution is 9.10. The third kappa shape index (κ3) is 4.13. The van der Waals surface area contributed by atoms with Gasteiger partial charge in [0.05, 0.1) is 16.3 Å². The van der Waals surface area contributed by atoms with E-state index in [-0.39, 0.29) is 5.56 Å². The van der Waals surface area contributed by atoms with Crippen molar-refractivity contribution in [3.63, 3.8) is 0 Å². The van der Waals surface area contributed by atoms with Crippen molar-refractivity contribution >= 4 is 61.8 Å². The van der Waals surface area contributed by atoms with E-state index in [1.807, 2.05) is 32.0 Å². The van der Waals surface area contributed by atoms with Gasteiger partial charge in [-0.05, 0) is 55.8 Å². The molecule has 0 aliphatic heterocycles. The second kappa shape index (κ2) is 8.47. The van der Waals surface area contributed by atoms with Crippen molar-refractivity contribution < 1.29 is 0 Å².